The second kappa shape index (κ2) is 8.66. The predicted molar refractivity (Wildman–Crippen MR) is 99.8 cm³/mol. The average Bonchev–Trinajstić information content (AvgIpc) is 2.99. The number of anilines is 1. The smallest absolute Gasteiger partial charge is 0.251 e. The molecule has 1 aliphatic heterocycles. The van der Waals surface area contributed by atoms with Crippen LogP contribution in [0.4, 0.5) is 5.95 Å². The molecular formula is C18H26N4O5. The van der Waals surface area contributed by atoms with Crippen LogP contribution in [0, 0.1) is 0 Å². The molecule has 9 heteroatoms. The summed E-state index contributed by atoms with van der Waals surface area (Å²) in [6.45, 7) is 1.29. The van der Waals surface area contributed by atoms with Crippen molar-refractivity contribution in [1.82, 2.24) is 14.9 Å². The van der Waals surface area contributed by atoms with Gasteiger partial charge < -0.3 is 34.9 Å². The van der Waals surface area contributed by atoms with Crippen LogP contribution in [0.1, 0.15) is 16.8 Å². The van der Waals surface area contributed by atoms with E-state index >= 15 is 0 Å². The first-order valence-corrected chi connectivity index (χ1v) is 8.95. The van der Waals surface area contributed by atoms with Gasteiger partial charge in [0.25, 0.3) is 5.91 Å². The molecule has 0 bridgehead atoms. The van der Waals surface area contributed by atoms with Crippen molar-refractivity contribution in [2.75, 3.05) is 38.8 Å². The number of imidazole rings is 1. The van der Waals surface area contributed by atoms with Crippen LogP contribution in [-0.2, 0) is 16.5 Å². The van der Waals surface area contributed by atoms with E-state index in [9.17, 15) is 15.0 Å². The van der Waals surface area contributed by atoms with Gasteiger partial charge in [-0.1, -0.05) is 0 Å². The van der Waals surface area contributed by atoms with Crippen molar-refractivity contribution in [1.29, 1.82) is 0 Å². The number of carbonyl (C=O) groups is 1. The summed E-state index contributed by atoms with van der Waals surface area (Å²) in [6.07, 6.45) is -1.13. The van der Waals surface area contributed by atoms with Crippen molar-refractivity contribution in [3.8, 4) is 0 Å². The second-order valence-electron chi connectivity index (χ2n) is 6.57. The zero-order chi connectivity index (χ0) is 19.4. The standard InChI is InChI=1S/C18H26N4O5/c1-22-14-4-3-11(9-13(14)21-18(22)19-6-8-26-2)17(25)20-12-5-7-27-15(10-23)16(12)24/h3-4,9,12,15-16,23-24H,5-8,10H2,1-2H3,(H,19,21)(H,20,25)/t12-,15+,16-/m0/s1. The Labute approximate surface area is 157 Å². The minimum absolute atomic E-state index is 0.285. The Kier molecular flexibility index (Phi) is 6.27. The molecule has 3 rings (SSSR count). The van der Waals surface area contributed by atoms with E-state index in [1.165, 1.54) is 0 Å². The average molecular weight is 378 g/mol. The summed E-state index contributed by atoms with van der Waals surface area (Å²) in [5, 5.41) is 25.5. The SMILES string of the molecule is COCCNc1nc2cc(C(=O)N[C@H]3CCO[C@H](CO)[C@H]3O)ccc2n1C. The van der Waals surface area contributed by atoms with E-state index in [0.29, 0.717) is 43.2 Å². The molecule has 2 aromatic rings. The Hall–Kier alpha value is -2.20. The van der Waals surface area contributed by atoms with E-state index in [1.54, 1.807) is 19.2 Å². The molecule has 148 valence electrons. The molecular weight excluding hydrogens is 352 g/mol. The van der Waals surface area contributed by atoms with Gasteiger partial charge in [0.05, 0.1) is 30.3 Å². The molecule has 0 radical (unpaired) electrons. The fraction of sp³-hybridized carbons (Fsp3) is 0.556. The maximum atomic E-state index is 12.6. The highest BCUT2D eigenvalue weighted by Gasteiger charge is 2.33. The Bertz CT molecular complexity index is 793. The van der Waals surface area contributed by atoms with Gasteiger partial charge in [-0.15, -0.1) is 0 Å². The third-order valence-corrected chi connectivity index (χ3v) is 4.78. The van der Waals surface area contributed by atoms with E-state index in [-0.39, 0.29) is 12.5 Å². The molecule has 3 atom stereocenters. The summed E-state index contributed by atoms with van der Waals surface area (Å²) in [7, 11) is 3.54. The van der Waals surface area contributed by atoms with Gasteiger partial charge in [-0.05, 0) is 24.6 Å². The van der Waals surface area contributed by atoms with Gasteiger partial charge in [0, 0.05) is 32.9 Å². The highest BCUT2D eigenvalue weighted by Crippen LogP contribution is 2.20. The van der Waals surface area contributed by atoms with Crippen molar-refractivity contribution in [3.05, 3.63) is 23.8 Å². The van der Waals surface area contributed by atoms with E-state index in [4.69, 9.17) is 9.47 Å². The van der Waals surface area contributed by atoms with Crippen molar-refractivity contribution in [2.45, 2.75) is 24.7 Å². The minimum atomic E-state index is -0.942. The molecule has 1 aromatic heterocycles. The number of methoxy groups -OCH3 is 1. The number of rotatable bonds is 7. The van der Waals surface area contributed by atoms with Crippen LogP contribution < -0.4 is 10.6 Å². The fourth-order valence-corrected chi connectivity index (χ4v) is 3.21. The van der Waals surface area contributed by atoms with Crippen LogP contribution in [0.25, 0.3) is 11.0 Å². The van der Waals surface area contributed by atoms with Crippen LogP contribution in [-0.4, -0.2) is 77.4 Å². The van der Waals surface area contributed by atoms with Crippen LogP contribution in [0.15, 0.2) is 18.2 Å². The van der Waals surface area contributed by atoms with Crippen molar-refractivity contribution >= 4 is 22.9 Å². The molecule has 0 saturated carbocycles. The summed E-state index contributed by atoms with van der Waals surface area (Å²) < 4.78 is 12.2. The lowest BCUT2D eigenvalue weighted by atomic mass is 9.99. The maximum absolute atomic E-state index is 12.6. The lowest BCUT2D eigenvalue weighted by molar-refractivity contribution is -0.107. The largest absolute Gasteiger partial charge is 0.394 e. The Morgan fingerprint density at radius 1 is 1.48 bits per heavy atom. The first kappa shape index (κ1) is 19.6. The van der Waals surface area contributed by atoms with Gasteiger partial charge in [0.1, 0.15) is 12.2 Å². The lowest BCUT2D eigenvalue weighted by Gasteiger charge is -2.34. The number of aromatic nitrogens is 2. The number of ether oxygens (including phenoxy) is 2. The highest BCUT2D eigenvalue weighted by molar-refractivity contribution is 5.97. The molecule has 1 aromatic carbocycles. The summed E-state index contributed by atoms with van der Waals surface area (Å²) in [4.78, 5) is 17.1. The number of aliphatic hydroxyl groups excluding tert-OH is 2. The molecule has 1 amide bonds. The van der Waals surface area contributed by atoms with Gasteiger partial charge in [-0.3, -0.25) is 4.79 Å². The zero-order valence-corrected chi connectivity index (χ0v) is 15.5. The Morgan fingerprint density at radius 2 is 2.30 bits per heavy atom. The molecule has 0 unspecified atom stereocenters. The number of amides is 1. The number of aryl methyl sites for hydroxylation is 1. The number of nitrogens with one attached hydrogen (secondary N) is 2. The Morgan fingerprint density at radius 3 is 3.04 bits per heavy atom. The summed E-state index contributed by atoms with van der Waals surface area (Å²) in [6, 6.07) is 4.83. The first-order valence-electron chi connectivity index (χ1n) is 8.95. The number of fused-ring (bicyclic) bond motifs is 1. The maximum Gasteiger partial charge on any atom is 0.251 e. The molecule has 1 saturated heterocycles. The van der Waals surface area contributed by atoms with Crippen LogP contribution >= 0.6 is 0 Å². The fourth-order valence-electron chi connectivity index (χ4n) is 3.21. The van der Waals surface area contributed by atoms with Crippen LogP contribution in [0.5, 0.6) is 0 Å². The van der Waals surface area contributed by atoms with Crippen molar-refractivity contribution in [3.63, 3.8) is 0 Å². The van der Waals surface area contributed by atoms with Crippen molar-refractivity contribution in [2.24, 2.45) is 7.05 Å². The van der Waals surface area contributed by atoms with E-state index in [2.05, 4.69) is 15.6 Å². The van der Waals surface area contributed by atoms with E-state index in [0.717, 1.165) is 5.52 Å². The van der Waals surface area contributed by atoms with Gasteiger partial charge in [-0.25, -0.2) is 4.98 Å². The Balaban J connectivity index is 1.73. The highest BCUT2D eigenvalue weighted by atomic mass is 16.5. The topological polar surface area (TPSA) is 118 Å². The van der Waals surface area contributed by atoms with Crippen LogP contribution in [0.2, 0.25) is 0 Å². The summed E-state index contributed by atoms with van der Waals surface area (Å²) >= 11 is 0. The molecule has 4 N–H and O–H groups in total. The lowest BCUT2D eigenvalue weighted by Crippen LogP contribution is -2.54. The van der Waals surface area contributed by atoms with Gasteiger partial charge >= 0.3 is 0 Å². The molecule has 1 fully saturated rings. The number of aliphatic hydroxyl groups is 2. The number of carbonyl (C=O) groups excluding carboxylic acids is 1. The van der Waals surface area contributed by atoms with Gasteiger partial charge in [0.2, 0.25) is 5.95 Å². The van der Waals surface area contributed by atoms with E-state index in [1.807, 2.05) is 17.7 Å². The van der Waals surface area contributed by atoms with Crippen molar-refractivity contribution < 1.29 is 24.5 Å². The second-order valence-corrected chi connectivity index (χ2v) is 6.57. The van der Waals surface area contributed by atoms with Crippen LogP contribution in [0.3, 0.4) is 0 Å². The van der Waals surface area contributed by atoms with Gasteiger partial charge in [0.15, 0.2) is 0 Å². The summed E-state index contributed by atoms with van der Waals surface area (Å²) in [5.74, 6) is 0.407. The quantitative estimate of drug-likeness (QED) is 0.496. The third kappa shape index (κ3) is 4.22. The monoisotopic (exact) mass is 378 g/mol. The van der Waals surface area contributed by atoms with E-state index < -0.39 is 18.2 Å². The summed E-state index contributed by atoms with van der Waals surface area (Å²) in [5.41, 5.74) is 2.06. The minimum Gasteiger partial charge on any atom is -0.394 e. The number of nitrogens with zero attached hydrogens (tertiary/aromatic N) is 2. The normalized spacial score (nSPS) is 22.7. The number of benzene rings is 1. The molecule has 1 aliphatic rings. The molecule has 2 heterocycles. The number of hydrogen-bond donors (Lipinski definition) is 4. The molecule has 0 spiro atoms. The molecule has 9 nitrogen and oxygen atoms in total. The number of hydrogen-bond acceptors (Lipinski definition) is 7. The zero-order valence-electron chi connectivity index (χ0n) is 15.5. The molecule has 0 aliphatic carbocycles. The predicted octanol–water partition coefficient (Wildman–Crippen LogP) is -0.128. The molecule has 27 heavy (non-hydrogen) atoms. The first-order chi connectivity index (χ1) is 13.0. The van der Waals surface area contributed by atoms with Gasteiger partial charge in [-0.2, -0.15) is 0 Å². The third-order valence-electron chi connectivity index (χ3n) is 4.78.